The number of hydrogen-bond donors (Lipinski definition) is 4. The minimum atomic E-state index is -1.12. The monoisotopic (exact) mass is 470 g/mol. The molecule has 0 aliphatic heterocycles. The Hall–Kier alpha value is -3.53. The Morgan fingerprint density at radius 1 is 1.12 bits per heavy atom. The minimum Gasteiger partial charge on any atom is -0.456 e. The summed E-state index contributed by atoms with van der Waals surface area (Å²) in [6.07, 6.45) is 3.28. The number of nitrogens with one attached hydrogen (secondary N) is 2. The predicted octanol–water partition coefficient (Wildman–Crippen LogP) is 2.38. The van der Waals surface area contributed by atoms with Crippen LogP contribution in [0.3, 0.4) is 0 Å². The number of amides is 2. The highest BCUT2D eigenvalue weighted by Crippen LogP contribution is 2.31. The SMILES string of the molecule is CC(O)c1ccc(Oc2ccc(CNC(=O)[C@H](CO)NC(=O)c3cncnc3)cc2)c(Cl)c1. The number of hydrogen-bond acceptors (Lipinski definition) is 7. The van der Waals surface area contributed by atoms with Crippen LogP contribution in [0.4, 0.5) is 0 Å². The van der Waals surface area contributed by atoms with Gasteiger partial charge in [0, 0.05) is 18.9 Å². The third-order valence-electron chi connectivity index (χ3n) is 4.68. The Labute approximate surface area is 195 Å². The van der Waals surface area contributed by atoms with E-state index in [-0.39, 0.29) is 12.1 Å². The van der Waals surface area contributed by atoms with Gasteiger partial charge in [0.2, 0.25) is 5.91 Å². The van der Waals surface area contributed by atoms with Crippen molar-refractivity contribution in [3.63, 3.8) is 0 Å². The summed E-state index contributed by atoms with van der Waals surface area (Å²) in [5.74, 6) is -0.103. The van der Waals surface area contributed by atoms with Crippen LogP contribution in [-0.4, -0.2) is 44.6 Å². The molecule has 0 bridgehead atoms. The normalized spacial score (nSPS) is 12.5. The topological polar surface area (TPSA) is 134 Å². The van der Waals surface area contributed by atoms with Gasteiger partial charge >= 0.3 is 0 Å². The van der Waals surface area contributed by atoms with Gasteiger partial charge in [-0.05, 0) is 42.3 Å². The lowest BCUT2D eigenvalue weighted by atomic mass is 10.1. The second-order valence-corrected chi connectivity index (χ2v) is 7.57. The van der Waals surface area contributed by atoms with Crippen molar-refractivity contribution in [2.75, 3.05) is 6.61 Å². The van der Waals surface area contributed by atoms with E-state index in [4.69, 9.17) is 16.3 Å². The van der Waals surface area contributed by atoms with Crippen LogP contribution in [0.2, 0.25) is 5.02 Å². The molecule has 0 saturated heterocycles. The summed E-state index contributed by atoms with van der Waals surface area (Å²) in [7, 11) is 0. The van der Waals surface area contributed by atoms with Crippen molar-refractivity contribution < 1.29 is 24.5 Å². The van der Waals surface area contributed by atoms with Gasteiger partial charge < -0.3 is 25.6 Å². The van der Waals surface area contributed by atoms with Crippen LogP contribution >= 0.6 is 11.6 Å². The number of nitrogens with zero attached hydrogens (tertiary/aromatic N) is 2. The van der Waals surface area contributed by atoms with Gasteiger partial charge in [-0.25, -0.2) is 9.97 Å². The van der Waals surface area contributed by atoms with Gasteiger partial charge in [-0.1, -0.05) is 29.8 Å². The lowest BCUT2D eigenvalue weighted by Crippen LogP contribution is -2.48. The van der Waals surface area contributed by atoms with Gasteiger partial charge in [0.15, 0.2) is 0 Å². The Bertz CT molecular complexity index is 1090. The van der Waals surface area contributed by atoms with E-state index in [1.165, 1.54) is 18.7 Å². The molecule has 172 valence electrons. The highest BCUT2D eigenvalue weighted by Gasteiger charge is 2.20. The Balaban J connectivity index is 1.54. The van der Waals surface area contributed by atoms with Gasteiger partial charge in [0.25, 0.3) is 5.91 Å². The second-order valence-electron chi connectivity index (χ2n) is 7.17. The summed E-state index contributed by atoms with van der Waals surface area (Å²) in [4.78, 5) is 32.0. The standard InChI is InChI=1S/C23H23ClN4O5/c1-14(30)16-4-7-21(19(24)8-16)33-18-5-2-15(3-6-18)9-27-23(32)20(12-29)28-22(31)17-10-25-13-26-11-17/h2-8,10-11,13-14,20,29-30H,9,12H2,1H3,(H,27,32)(H,28,31)/t14?,20-/m0/s1. The number of carbonyl (C=O) groups excluding carboxylic acids is 2. The molecular formula is C23H23ClN4O5. The molecule has 1 aromatic heterocycles. The van der Waals surface area contributed by atoms with Crippen LogP contribution in [0.5, 0.6) is 11.5 Å². The lowest BCUT2D eigenvalue weighted by Gasteiger charge is -2.16. The molecule has 2 amide bonds. The zero-order valence-electron chi connectivity index (χ0n) is 17.7. The van der Waals surface area contributed by atoms with E-state index < -0.39 is 30.6 Å². The Morgan fingerprint density at radius 2 is 1.82 bits per heavy atom. The number of aliphatic hydroxyl groups is 2. The zero-order valence-corrected chi connectivity index (χ0v) is 18.5. The van der Waals surface area contributed by atoms with Gasteiger partial charge in [-0.3, -0.25) is 9.59 Å². The first-order chi connectivity index (χ1) is 15.9. The average Bonchev–Trinajstić information content (AvgIpc) is 2.83. The summed E-state index contributed by atoms with van der Waals surface area (Å²) >= 11 is 6.22. The predicted molar refractivity (Wildman–Crippen MR) is 121 cm³/mol. The maximum Gasteiger partial charge on any atom is 0.255 e. The lowest BCUT2D eigenvalue weighted by molar-refractivity contribution is -0.124. The van der Waals surface area contributed by atoms with Crippen molar-refractivity contribution in [2.45, 2.75) is 25.6 Å². The van der Waals surface area contributed by atoms with Crippen molar-refractivity contribution in [1.29, 1.82) is 0 Å². The molecular weight excluding hydrogens is 448 g/mol. The summed E-state index contributed by atoms with van der Waals surface area (Å²) in [5, 5.41) is 24.6. The van der Waals surface area contributed by atoms with Gasteiger partial charge in [-0.2, -0.15) is 0 Å². The molecule has 0 aliphatic carbocycles. The summed E-state index contributed by atoms with van der Waals surface area (Å²) < 4.78 is 5.77. The molecule has 0 spiro atoms. The Kier molecular flexibility index (Phi) is 8.31. The summed E-state index contributed by atoms with van der Waals surface area (Å²) in [5.41, 5.74) is 1.65. The van der Waals surface area contributed by atoms with Crippen molar-refractivity contribution >= 4 is 23.4 Å². The van der Waals surface area contributed by atoms with E-state index in [1.54, 1.807) is 49.4 Å². The molecule has 0 fully saturated rings. The zero-order chi connectivity index (χ0) is 23.8. The van der Waals surface area contributed by atoms with Crippen LogP contribution < -0.4 is 15.4 Å². The number of ether oxygens (including phenoxy) is 1. The molecule has 3 rings (SSSR count). The van der Waals surface area contributed by atoms with Crippen molar-refractivity contribution in [3.05, 3.63) is 82.9 Å². The number of benzene rings is 2. The molecule has 9 nitrogen and oxygen atoms in total. The molecule has 0 aliphatic rings. The van der Waals surface area contributed by atoms with Crippen LogP contribution in [0.15, 0.2) is 61.2 Å². The summed E-state index contributed by atoms with van der Waals surface area (Å²) in [6.45, 7) is 1.27. The molecule has 3 aromatic rings. The van der Waals surface area contributed by atoms with E-state index in [2.05, 4.69) is 20.6 Å². The molecule has 1 heterocycles. The number of aliphatic hydroxyl groups excluding tert-OH is 2. The van der Waals surface area contributed by atoms with Crippen LogP contribution in [0.25, 0.3) is 0 Å². The number of halogens is 1. The average molecular weight is 471 g/mol. The fraction of sp³-hybridized carbons (Fsp3) is 0.217. The minimum absolute atomic E-state index is 0.181. The fourth-order valence-electron chi connectivity index (χ4n) is 2.83. The van der Waals surface area contributed by atoms with Crippen molar-refractivity contribution in [1.82, 2.24) is 20.6 Å². The van der Waals surface area contributed by atoms with Gasteiger partial charge in [0.1, 0.15) is 23.9 Å². The number of carbonyl (C=O) groups is 2. The van der Waals surface area contributed by atoms with E-state index in [0.29, 0.717) is 22.1 Å². The molecule has 33 heavy (non-hydrogen) atoms. The maximum absolute atomic E-state index is 12.4. The summed E-state index contributed by atoms with van der Waals surface area (Å²) in [6, 6.07) is 10.9. The molecule has 10 heteroatoms. The largest absolute Gasteiger partial charge is 0.456 e. The van der Waals surface area contributed by atoms with Crippen LogP contribution in [0, 0.1) is 0 Å². The first-order valence-electron chi connectivity index (χ1n) is 10.1. The molecule has 0 saturated carbocycles. The molecule has 1 unspecified atom stereocenters. The van der Waals surface area contributed by atoms with Gasteiger partial charge in [0.05, 0.1) is 23.3 Å². The number of aromatic nitrogens is 2. The molecule has 2 atom stereocenters. The van der Waals surface area contributed by atoms with E-state index in [9.17, 15) is 19.8 Å². The molecule has 0 radical (unpaired) electrons. The quantitative estimate of drug-likeness (QED) is 0.377. The maximum atomic E-state index is 12.4. The third kappa shape index (κ3) is 6.72. The van der Waals surface area contributed by atoms with Crippen molar-refractivity contribution in [2.24, 2.45) is 0 Å². The highest BCUT2D eigenvalue weighted by atomic mass is 35.5. The van der Waals surface area contributed by atoms with E-state index in [0.717, 1.165) is 5.56 Å². The van der Waals surface area contributed by atoms with Crippen LogP contribution in [-0.2, 0) is 11.3 Å². The highest BCUT2D eigenvalue weighted by molar-refractivity contribution is 6.32. The molecule has 2 aromatic carbocycles. The first kappa shape index (κ1) is 24.1. The van der Waals surface area contributed by atoms with E-state index in [1.807, 2.05) is 0 Å². The van der Waals surface area contributed by atoms with Gasteiger partial charge in [-0.15, -0.1) is 0 Å². The molecule has 4 N–H and O–H groups in total. The number of rotatable bonds is 9. The first-order valence-corrected chi connectivity index (χ1v) is 10.4. The van der Waals surface area contributed by atoms with Crippen molar-refractivity contribution in [3.8, 4) is 11.5 Å². The fourth-order valence-corrected chi connectivity index (χ4v) is 3.05. The Morgan fingerprint density at radius 3 is 2.42 bits per heavy atom. The van der Waals surface area contributed by atoms with Crippen LogP contribution in [0.1, 0.15) is 34.5 Å². The smallest absolute Gasteiger partial charge is 0.255 e. The second kappa shape index (κ2) is 11.4. The third-order valence-corrected chi connectivity index (χ3v) is 4.98. The van der Waals surface area contributed by atoms with E-state index >= 15 is 0 Å².